The van der Waals surface area contributed by atoms with Crippen molar-refractivity contribution in [2.45, 2.75) is 107 Å². The fraction of sp³-hybridized carbons (Fsp3) is 0.519. The lowest BCUT2D eigenvalue weighted by atomic mass is 9.59. The summed E-state index contributed by atoms with van der Waals surface area (Å²) in [5.41, 5.74) is 1.74. The molecule has 2 aliphatic carbocycles. The number of halogens is 1. The van der Waals surface area contributed by atoms with Crippen molar-refractivity contribution in [3.8, 4) is 23.1 Å². The number of piperidine rings is 1. The number of sulfonamides is 2. The number of ether oxygens (including phenoxy) is 4. The molecule has 2 aromatic heterocycles. The van der Waals surface area contributed by atoms with E-state index in [1.165, 1.54) is 31.1 Å². The summed E-state index contributed by atoms with van der Waals surface area (Å²) in [7, 11) is -6.71. The summed E-state index contributed by atoms with van der Waals surface area (Å²) in [6, 6.07) is 16.4. The van der Waals surface area contributed by atoms with Crippen LogP contribution in [0.3, 0.4) is 0 Å². The normalized spacial score (nSPS) is 23.2. The number of fused-ring (bicyclic) bond motifs is 2. The van der Waals surface area contributed by atoms with Crippen molar-refractivity contribution in [3.63, 3.8) is 0 Å². The van der Waals surface area contributed by atoms with Crippen molar-refractivity contribution in [1.82, 2.24) is 23.9 Å². The number of pyridine rings is 1. The fourth-order valence-electron chi connectivity index (χ4n) is 12.1. The largest absolute Gasteiger partial charge is 0.489 e. The molecule has 0 bridgehead atoms. The maximum absolute atomic E-state index is 15.1. The number of nitro groups is 1. The number of nitro benzene ring substituents is 1. The summed E-state index contributed by atoms with van der Waals surface area (Å²) in [6.07, 6.45) is 8.51. The molecule has 5 aromatic rings. The molecule has 1 amide bonds. The molecule has 5 heterocycles. The van der Waals surface area contributed by atoms with Crippen molar-refractivity contribution in [2.75, 3.05) is 76.1 Å². The molecule has 23 heteroatoms. The Kier molecular flexibility index (Phi) is 15.0. The molecular weight excluding hydrogens is 1040 g/mol. The number of aromatic nitrogens is 2. The number of aromatic amines is 1. The maximum atomic E-state index is 15.1. The van der Waals surface area contributed by atoms with Crippen molar-refractivity contribution < 1.29 is 55.0 Å². The van der Waals surface area contributed by atoms with E-state index in [9.17, 15) is 36.9 Å². The average Bonchev–Trinajstić information content (AvgIpc) is 3.82. The van der Waals surface area contributed by atoms with E-state index in [0.29, 0.717) is 64.1 Å². The minimum absolute atomic E-state index is 0.0238. The number of amides is 1. The molecule has 0 unspecified atom stereocenters. The lowest BCUT2D eigenvalue weighted by molar-refractivity contribution is -0.384. The summed E-state index contributed by atoms with van der Waals surface area (Å²) in [5, 5.41) is 26.3. The van der Waals surface area contributed by atoms with Crippen LogP contribution in [0.5, 0.6) is 23.1 Å². The first-order valence-electron chi connectivity index (χ1n) is 26.3. The molecular formula is C54H67FN8O12S2. The van der Waals surface area contributed by atoms with Crippen LogP contribution in [0.4, 0.5) is 21.5 Å². The van der Waals surface area contributed by atoms with Crippen LogP contribution >= 0.6 is 0 Å². The zero-order valence-electron chi connectivity index (χ0n) is 43.9. The number of anilines is 2. The Balaban J connectivity index is 0.901. The van der Waals surface area contributed by atoms with Crippen LogP contribution in [0.2, 0.25) is 0 Å². The third-order valence-corrected chi connectivity index (χ3v) is 19.1. The number of aliphatic hydroxyl groups is 1. The number of carbonyl (C=O) groups is 1. The fourth-order valence-corrected chi connectivity index (χ4v) is 13.9. The number of carbonyl (C=O) groups excluding carboxylic acids is 1. The third-order valence-electron chi connectivity index (χ3n) is 16.5. The Labute approximate surface area is 447 Å². The van der Waals surface area contributed by atoms with Gasteiger partial charge in [0.2, 0.25) is 10.0 Å². The van der Waals surface area contributed by atoms with Gasteiger partial charge in [-0.15, -0.1) is 0 Å². The molecule has 414 valence electrons. The van der Waals surface area contributed by atoms with Gasteiger partial charge in [-0.2, -0.15) is 9.29 Å². The Morgan fingerprint density at radius 3 is 2.44 bits per heavy atom. The highest BCUT2D eigenvalue weighted by molar-refractivity contribution is 7.90. The monoisotopic (exact) mass is 1100 g/mol. The molecule has 4 fully saturated rings. The van der Waals surface area contributed by atoms with Gasteiger partial charge in [0, 0.05) is 88.1 Å². The van der Waals surface area contributed by atoms with Crippen molar-refractivity contribution >= 4 is 54.0 Å². The van der Waals surface area contributed by atoms with Crippen LogP contribution in [0, 0.1) is 27.3 Å². The van der Waals surface area contributed by atoms with Crippen molar-refractivity contribution in [2.24, 2.45) is 11.3 Å². The second-order valence-corrected chi connectivity index (χ2v) is 25.7. The summed E-state index contributed by atoms with van der Waals surface area (Å²) in [6.45, 7) is 9.18. The summed E-state index contributed by atoms with van der Waals surface area (Å²) >= 11 is 0. The molecule has 4 N–H and O–H groups in total. The second kappa shape index (κ2) is 21.3. The SMILES string of the molecule is COCCOc1nc2[nH]cc(F)c2cc1Oc1cc(N2CCC3(CC2)CC(N2CCN(S(C)(=O)=O)C[C@H]2c2ccccc2C(C)C)C3)ccc1C(=O)NS(=O)(=O)c1cc2c(c([N+](=O)[O-])c1)N[C@@H]([C@H]1CC[C@](C)(O)CC1)CO2. The van der Waals surface area contributed by atoms with Crippen LogP contribution in [0.25, 0.3) is 11.0 Å². The second-order valence-electron chi connectivity index (χ2n) is 22.1. The van der Waals surface area contributed by atoms with Gasteiger partial charge >= 0.3 is 0 Å². The van der Waals surface area contributed by atoms with Gasteiger partial charge in [0.1, 0.15) is 30.4 Å². The molecule has 10 rings (SSSR count). The number of hydrogen-bond acceptors (Lipinski definition) is 16. The van der Waals surface area contributed by atoms with Gasteiger partial charge < -0.3 is 39.3 Å². The molecule has 77 heavy (non-hydrogen) atoms. The lowest BCUT2D eigenvalue weighted by Gasteiger charge is -2.58. The first kappa shape index (κ1) is 54.3. The highest BCUT2D eigenvalue weighted by atomic mass is 32.2. The van der Waals surface area contributed by atoms with E-state index in [-0.39, 0.29) is 101 Å². The predicted octanol–water partition coefficient (Wildman–Crippen LogP) is 7.85. The van der Waals surface area contributed by atoms with Crippen LogP contribution in [-0.2, 0) is 24.8 Å². The van der Waals surface area contributed by atoms with E-state index in [4.69, 9.17) is 18.9 Å². The molecule has 2 saturated carbocycles. The minimum Gasteiger partial charge on any atom is -0.489 e. The number of H-pyrrole nitrogens is 1. The molecule has 3 aromatic carbocycles. The number of rotatable bonds is 16. The standard InChI is InChI=1S/C54H67FN8O12S2/c1-33(2)38-8-6-7-9-39(38)45-31-61(76(5,68)69)20-21-62(45)36-28-54(29-36)16-18-60(19-17-54)35-10-11-40(46(24-35)75-48-27-41-42(55)30-56-50(41)58-52(48)73-23-22-72-4)51(64)59-77(70,71)37-25-44(63(66)67)49-47(26-37)74-32-43(57-49)34-12-14-53(3,65)15-13-34/h6-11,24-27,30,33-34,36,43,45,57,65H,12-23,28-29,31-32H2,1-5H3,(H,56,58)(H,59,64)/t34-,43-,45+,53-/m1/s1. The highest BCUT2D eigenvalue weighted by Gasteiger charge is 2.51. The van der Waals surface area contributed by atoms with Gasteiger partial charge in [0.25, 0.3) is 27.5 Å². The number of hydrogen-bond donors (Lipinski definition) is 4. The number of nitrogens with zero attached hydrogens (tertiary/aromatic N) is 5. The molecule has 20 nitrogen and oxygen atoms in total. The topological polar surface area (TPSA) is 248 Å². The first-order valence-corrected chi connectivity index (χ1v) is 29.6. The number of methoxy groups -OCH3 is 1. The van der Waals surface area contributed by atoms with E-state index < -0.39 is 52.9 Å². The number of piperazine rings is 1. The number of benzene rings is 3. The van der Waals surface area contributed by atoms with Crippen LogP contribution < -0.4 is 29.1 Å². The first-order chi connectivity index (χ1) is 36.6. The van der Waals surface area contributed by atoms with Gasteiger partial charge in [-0.05, 0) is 98.8 Å². The summed E-state index contributed by atoms with van der Waals surface area (Å²) in [5.74, 6) is -1.71. The van der Waals surface area contributed by atoms with Crippen molar-refractivity contribution in [1.29, 1.82) is 0 Å². The Morgan fingerprint density at radius 2 is 1.74 bits per heavy atom. The molecule has 2 atom stereocenters. The van der Waals surface area contributed by atoms with Gasteiger partial charge in [-0.1, -0.05) is 38.1 Å². The van der Waals surface area contributed by atoms with Crippen LogP contribution in [0.15, 0.2) is 71.8 Å². The maximum Gasteiger partial charge on any atom is 0.297 e. The molecule has 2 saturated heterocycles. The van der Waals surface area contributed by atoms with E-state index in [1.807, 2.05) is 12.1 Å². The van der Waals surface area contributed by atoms with E-state index >= 15 is 4.39 Å². The van der Waals surface area contributed by atoms with Gasteiger partial charge in [0.15, 0.2) is 17.2 Å². The third kappa shape index (κ3) is 11.3. The Bertz CT molecular complexity index is 3280. The van der Waals surface area contributed by atoms with E-state index in [0.717, 1.165) is 49.6 Å². The molecule has 5 aliphatic rings. The average molecular weight is 1100 g/mol. The number of nitrogens with one attached hydrogen (secondary N) is 3. The van der Waals surface area contributed by atoms with Gasteiger partial charge in [-0.25, -0.2) is 25.9 Å². The van der Waals surface area contributed by atoms with Gasteiger partial charge in [-0.3, -0.25) is 19.8 Å². The zero-order chi connectivity index (χ0) is 54.6. The zero-order valence-corrected chi connectivity index (χ0v) is 45.6. The summed E-state index contributed by atoms with van der Waals surface area (Å²) in [4.78, 5) is 37.5. The quantitative estimate of drug-likeness (QED) is 0.0417. The van der Waals surface area contributed by atoms with Gasteiger partial charge in [0.05, 0.1) is 45.3 Å². The smallest absolute Gasteiger partial charge is 0.297 e. The van der Waals surface area contributed by atoms with Crippen LogP contribution in [0.1, 0.15) is 106 Å². The summed E-state index contributed by atoms with van der Waals surface area (Å²) < 4.78 is 96.3. The van der Waals surface area contributed by atoms with E-state index in [1.54, 1.807) is 23.4 Å². The molecule has 0 radical (unpaired) electrons. The highest BCUT2D eigenvalue weighted by Crippen LogP contribution is 2.54. The Morgan fingerprint density at radius 1 is 1.00 bits per heavy atom. The Hall–Kier alpha value is -6.11. The van der Waals surface area contributed by atoms with Crippen LogP contribution in [-0.4, -0.2) is 136 Å². The predicted molar refractivity (Wildman–Crippen MR) is 286 cm³/mol. The van der Waals surface area contributed by atoms with Crippen molar-refractivity contribution in [3.05, 3.63) is 99.5 Å². The van der Waals surface area contributed by atoms with E-state index in [2.05, 4.69) is 55.8 Å². The minimum atomic E-state index is -4.81. The lowest BCUT2D eigenvalue weighted by Crippen LogP contribution is -2.60. The molecule has 1 spiro atoms. The molecule has 3 aliphatic heterocycles.